The van der Waals surface area contributed by atoms with Gasteiger partial charge in [-0.25, -0.2) is 0 Å². The molecule has 3 aromatic rings. The topological polar surface area (TPSA) is 41.6 Å². The highest BCUT2D eigenvalue weighted by Gasteiger charge is 2.12. The lowest BCUT2D eigenvalue weighted by Gasteiger charge is -2.24. The van der Waals surface area contributed by atoms with Crippen LogP contribution >= 0.6 is 0 Å². The van der Waals surface area contributed by atoms with Gasteiger partial charge in [0.05, 0.1) is 12.6 Å². The molecule has 0 aliphatic carbocycles. The third kappa shape index (κ3) is 5.88. The van der Waals surface area contributed by atoms with Crippen molar-refractivity contribution in [2.75, 3.05) is 16.8 Å². The first-order valence-electron chi connectivity index (χ1n) is 9.50. The Labute approximate surface area is 166 Å². The van der Waals surface area contributed by atoms with E-state index in [1.165, 1.54) is 0 Å². The van der Waals surface area contributed by atoms with E-state index in [1.54, 1.807) is 0 Å². The molecule has 4 heteroatoms. The van der Waals surface area contributed by atoms with Crippen molar-refractivity contribution in [3.8, 4) is 5.75 Å². The van der Waals surface area contributed by atoms with Gasteiger partial charge < -0.3 is 15.0 Å². The highest BCUT2D eigenvalue weighted by atomic mass is 16.5. The Hall–Kier alpha value is -3.27. The largest absolute Gasteiger partial charge is 0.491 e. The van der Waals surface area contributed by atoms with Crippen LogP contribution in [0.5, 0.6) is 5.75 Å². The van der Waals surface area contributed by atoms with Crippen LogP contribution in [-0.4, -0.2) is 18.6 Å². The van der Waals surface area contributed by atoms with Crippen LogP contribution in [-0.2, 0) is 11.3 Å². The first-order valence-corrected chi connectivity index (χ1v) is 9.50. The number of hydrogen-bond donors (Lipinski definition) is 1. The second-order valence-electron chi connectivity index (χ2n) is 6.92. The van der Waals surface area contributed by atoms with Crippen LogP contribution in [0.1, 0.15) is 19.4 Å². The van der Waals surface area contributed by atoms with Gasteiger partial charge in [0, 0.05) is 17.9 Å². The molecular formula is C24H26N2O2. The van der Waals surface area contributed by atoms with Crippen LogP contribution in [0.2, 0.25) is 0 Å². The molecule has 4 nitrogen and oxygen atoms in total. The Morgan fingerprint density at radius 2 is 1.50 bits per heavy atom. The third-order valence-electron chi connectivity index (χ3n) is 4.18. The molecule has 1 amide bonds. The monoisotopic (exact) mass is 374 g/mol. The summed E-state index contributed by atoms with van der Waals surface area (Å²) in [6, 6.07) is 27.6. The molecule has 0 atom stereocenters. The van der Waals surface area contributed by atoms with Crippen LogP contribution < -0.4 is 15.0 Å². The van der Waals surface area contributed by atoms with Crippen LogP contribution in [0.4, 0.5) is 11.4 Å². The minimum absolute atomic E-state index is 0.0580. The summed E-state index contributed by atoms with van der Waals surface area (Å²) < 4.78 is 5.64. The number of para-hydroxylation sites is 1. The van der Waals surface area contributed by atoms with Crippen molar-refractivity contribution in [3.63, 3.8) is 0 Å². The van der Waals surface area contributed by atoms with Crippen molar-refractivity contribution >= 4 is 17.3 Å². The Morgan fingerprint density at radius 3 is 2.11 bits per heavy atom. The minimum atomic E-state index is -0.0580. The summed E-state index contributed by atoms with van der Waals surface area (Å²) >= 11 is 0. The summed E-state index contributed by atoms with van der Waals surface area (Å²) in [6.07, 6.45) is 0.123. The van der Waals surface area contributed by atoms with Gasteiger partial charge in [-0.05, 0) is 55.8 Å². The maximum atomic E-state index is 12.7. The molecule has 28 heavy (non-hydrogen) atoms. The maximum absolute atomic E-state index is 12.7. The highest BCUT2D eigenvalue weighted by molar-refractivity contribution is 5.94. The molecule has 0 aliphatic rings. The summed E-state index contributed by atoms with van der Waals surface area (Å²) in [4.78, 5) is 14.7. The number of nitrogens with one attached hydrogen (secondary N) is 1. The Morgan fingerprint density at radius 1 is 0.893 bits per heavy atom. The molecule has 1 N–H and O–H groups in total. The van der Waals surface area contributed by atoms with E-state index >= 15 is 0 Å². The predicted molar refractivity (Wildman–Crippen MR) is 115 cm³/mol. The zero-order valence-corrected chi connectivity index (χ0v) is 16.3. The van der Waals surface area contributed by atoms with Crippen molar-refractivity contribution in [2.45, 2.75) is 26.5 Å². The summed E-state index contributed by atoms with van der Waals surface area (Å²) in [5, 5.41) is 2.97. The lowest BCUT2D eigenvalue weighted by molar-refractivity contribution is -0.115. The van der Waals surface area contributed by atoms with Crippen LogP contribution in [0.25, 0.3) is 0 Å². The summed E-state index contributed by atoms with van der Waals surface area (Å²) in [5.41, 5.74) is 2.94. The second-order valence-corrected chi connectivity index (χ2v) is 6.92. The summed E-state index contributed by atoms with van der Waals surface area (Å²) in [5.74, 6) is 0.736. The highest BCUT2D eigenvalue weighted by Crippen LogP contribution is 2.19. The molecule has 0 saturated carbocycles. The van der Waals surface area contributed by atoms with E-state index in [2.05, 4.69) is 22.3 Å². The van der Waals surface area contributed by atoms with E-state index < -0.39 is 0 Å². The molecule has 0 fully saturated rings. The lowest BCUT2D eigenvalue weighted by Crippen LogP contribution is -2.32. The number of carbonyl (C=O) groups excluding carboxylic acids is 1. The normalized spacial score (nSPS) is 10.5. The van der Waals surface area contributed by atoms with E-state index in [1.807, 2.05) is 86.6 Å². The van der Waals surface area contributed by atoms with Crippen LogP contribution in [0.15, 0.2) is 84.9 Å². The molecule has 3 aromatic carbocycles. The average molecular weight is 374 g/mol. The fourth-order valence-electron chi connectivity index (χ4n) is 2.94. The minimum Gasteiger partial charge on any atom is -0.491 e. The van der Waals surface area contributed by atoms with Crippen molar-refractivity contribution in [1.29, 1.82) is 0 Å². The van der Waals surface area contributed by atoms with Gasteiger partial charge in [0.1, 0.15) is 5.75 Å². The van der Waals surface area contributed by atoms with E-state index in [-0.39, 0.29) is 18.6 Å². The summed E-state index contributed by atoms with van der Waals surface area (Å²) in [7, 11) is 0. The van der Waals surface area contributed by atoms with Gasteiger partial charge in [-0.1, -0.05) is 48.5 Å². The molecule has 0 spiro atoms. The molecule has 0 saturated heterocycles. The number of carbonyl (C=O) groups is 1. The number of benzene rings is 3. The molecule has 0 heterocycles. The fraction of sp³-hybridized carbons (Fsp3) is 0.208. The lowest BCUT2D eigenvalue weighted by atomic mass is 10.2. The van der Waals surface area contributed by atoms with Gasteiger partial charge in [-0.3, -0.25) is 4.79 Å². The Balaban J connectivity index is 1.67. The first-order chi connectivity index (χ1) is 13.6. The number of anilines is 2. The molecule has 0 aromatic heterocycles. The van der Waals surface area contributed by atoms with Crippen molar-refractivity contribution in [2.24, 2.45) is 0 Å². The summed E-state index contributed by atoms with van der Waals surface area (Å²) in [6.45, 7) is 4.91. The number of amides is 1. The predicted octanol–water partition coefficient (Wildman–Crippen LogP) is 5.12. The fourth-order valence-corrected chi connectivity index (χ4v) is 2.94. The van der Waals surface area contributed by atoms with E-state index in [9.17, 15) is 4.79 Å². The maximum Gasteiger partial charge on any atom is 0.243 e. The Kier molecular flexibility index (Phi) is 6.68. The molecular weight excluding hydrogens is 348 g/mol. The van der Waals surface area contributed by atoms with Gasteiger partial charge in [-0.2, -0.15) is 0 Å². The number of ether oxygens (including phenoxy) is 1. The zero-order valence-electron chi connectivity index (χ0n) is 16.3. The molecule has 0 aliphatic heterocycles. The quantitative estimate of drug-likeness (QED) is 0.595. The van der Waals surface area contributed by atoms with E-state index in [0.717, 1.165) is 22.7 Å². The second kappa shape index (κ2) is 9.60. The third-order valence-corrected chi connectivity index (χ3v) is 4.18. The first kappa shape index (κ1) is 19.5. The zero-order chi connectivity index (χ0) is 19.8. The standard InChI is InChI=1S/C24H26N2O2/c1-19(2)28-23-15-13-21(14-16-23)25-24(27)18-26(22-11-7-4-8-12-22)17-20-9-5-3-6-10-20/h3-16,19H,17-18H2,1-2H3,(H,25,27). The van der Waals surface area contributed by atoms with Crippen LogP contribution in [0, 0.1) is 0 Å². The van der Waals surface area contributed by atoms with E-state index in [0.29, 0.717) is 6.54 Å². The molecule has 0 radical (unpaired) electrons. The molecule has 3 rings (SSSR count). The van der Waals surface area contributed by atoms with Gasteiger partial charge in [-0.15, -0.1) is 0 Å². The van der Waals surface area contributed by atoms with Gasteiger partial charge in [0.2, 0.25) is 5.91 Å². The number of nitrogens with zero attached hydrogens (tertiary/aromatic N) is 1. The van der Waals surface area contributed by atoms with E-state index in [4.69, 9.17) is 4.74 Å². The average Bonchev–Trinajstić information content (AvgIpc) is 2.70. The number of hydrogen-bond acceptors (Lipinski definition) is 3. The Bertz CT molecular complexity index is 862. The van der Waals surface area contributed by atoms with Crippen molar-refractivity contribution in [1.82, 2.24) is 0 Å². The van der Waals surface area contributed by atoms with Crippen LogP contribution in [0.3, 0.4) is 0 Å². The van der Waals surface area contributed by atoms with Crippen molar-refractivity contribution in [3.05, 3.63) is 90.5 Å². The van der Waals surface area contributed by atoms with Gasteiger partial charge >= 0.3 is 0 Å². The van der Waals surface area contributed by atoms with Crippen molar-refractivity contribution < 1.29 is 9.53 Å². The molecule has 144 valence electrons. The van der Waals surface area contributed by atoms with Gasteiger partial charge in [0.15, 0.2) is 0 Å². The smallest absolute Gasteiger partial charge is 0.243 e. The number of rotatable bonds is 8. The van der Waals surface area contributed by atoms with Gasteiger partial charge in [0.25, 0.3) is 0 Å². The molecule has 0 bridgehead atoms. The SMILES string of the molecule is CC(C)Oc1ccc(NC(=O)CN(Cc2ccccc2)c2ccccc2)cc1. The molecule has 0 unspecified atom stereocenters.